The minimum absolute atomic E-state index is 0.305. The molecule has 0 unspecified atom stereocenters. The third-order valence-electron chi connectivity index (χ3n) is 3.96. The van der Waals surface area contributed by atoms with Gasteiger partial charge in [0.25, 0.3) is 0 Å². The highest BCUT2D eigenvalue weighted by atomic mass is 35.5. The summed E-state index contributed by atoms with van der Waals surface area (Å²) in [5, 5.41) is 0.621. The molecule has 0 aliphatic carbocycles. The molecule has 0 saturated heterocycles. The van der Waals surface area contributed by atoms with Gasteiger partial charge in [-0.25, -0.2) is 19.3 Å². The molecular formula is C19H14ClFN4. The first-order chi connectivity index (χ1) is 12.2. The molecule has 4 aromatic rings. The van der Waals surface area contributed by atoms with Crippen molar-refractivity contribution in [1.82, 2.24) is 19.5 Å². The van der Waals surface area contributed by atoms with Crippen LogP contribution < -0.4 is 0 Å². The van der Waals surface area contributed by atoms with Crippen LogP contribution in [0.1, 0.15) is 12.7 Å². The number of nitrogens with zero attached hydrogens (tertiary/aromatic N) is 4. The lowest BCUT2D eigenvalue weighted by Crippen LogP contribution is -2.04. The molecule has 0 saturated carbocycles. The van der Waals surface area contributed by atoms with Crippen molar-refractivity contribution < 1.29 is 4.39 Å². The van der Waals surface area contributed by atoms with Gasteiger partial charge in [-0.15, -0.1) is 0 Å². The van der Waals surface area contributed by atoms with E-state index in [9.17, 15) is 4.39 Å². The molecule has 6 heteroatoms. The zero-order valence-corrected chi connectivity index (χ0v) is 14.2. The Morgan fingerprint density at radius 1 is 1.08 bits per heavy atom. The standard InChI is InChI=1S/C19H14ClFN4/c1-2-17-23-15-7-6-14(21)11-16(15)25(17)18-8-9-22-19(24-18)12-4-3-5-13(20)10-12/h3-11H,2H2,1H3. The van der Waals surface area contributed by atoms with Crippen molar-refractivity contribution >= 4 is 22.6 Å². The van der Waals surface area contributed by atoms with Gasteiger partial charge in [0.2, 0.25) is 0 Å². The maximum absolute atomic E-state index is 13.7. The molecule has 0 bridgehead atoms. The van der Waals surface area contributed by atoms with Crippen molar-refractivity contribution in [2.45, 2.75) is 13.3 Å². The average Bonchev–Trinajstić information content (AvgIpc) is 2.99. The van der Waals surface area contributed by atoms with Crippen molar-refractivity contribution in [1.29, 1.82) is 0 Å². The molecule has 0 fully saturated rings. The fourth-order valence-electron chi connectivity index (χ4n) is 2.83. The van der Waals surface area contributed by atoms with Crippen LogP contribution in [0.5, 0.6) is 0 Å². The highest BCUT2D eigenvalue weighted by Gasteiger charge is 2.14. The molecule has 0 aliphatic rings. The zero-order valence-electron chi connectivity index (χ0n) is 13.4. The van der Waals surface area contributed by atoms with Gasteiger partial charge in [0.05, 0.1) is 11.0 Å². The predicted molar refractivity (Wildman–Crippen MR) is 96.4 cm³/mol. The molecule has 25 heavy (non-hydrogen) atoms. The van der Waals surface area contributed by atoms with Gasteiger partial charge in [0.15, 0.2) is 5.82 Å². The Labute approximate surface area is 149 Å². The van der Waals surface area contributed by atoms with E-state index in [0.29, 0.717) is 28.6 Å². The summed E-state index contributed by atoms with van der Waals surface area (Å²) < 4.78 is 15.6. The third-order valence-corrected chi connectivity index (χ3v) is 4.19. The fraction of sp³-hybridized carbons (Fsp3) is 0.105. The Bertz CT molecular complexity index is 1070. The monoisotopic (exact) mass is 352 g/mol. The lowest BCUT2D eigenvalue weighted by atomic mass is 10.2. The molecule has 0 aliphatic heterocycles. The number of rotatable bonds is 3. The van der Waals surface area contributed by atoms with Crippen LogP contribution in [0.15, 0.2) is 54.7 Å². The second-order valence-corrected chi connectivity index (χ2v) is 6.04. The van der Waals surface area contributed by atoms with Crippen LogP contribution in [-0.2, 0) is 6.42 Å². The minimum atomic E-state index is -0.305. The Hall–Kier alpha value is -2.79. The van der Waals surface area contributed by atoms with Gasteiger partial charge in [-0.2, -0.15) is 0 Å². The van der Waals surface area contributed by atoms with E-state index < -0.39 is 0 Å². The normalized spacial score (nSPS) is 11.2. The Balaban J connectivity index is 1.92. The van der Waals surface area contributed by atoms with Crippen molar-refractivity contribution in [2.24, 2.45) is 0 Å². The van der Waals surface area contributed by atoms with Crippen molar-refractivity contribution in [3.05, 3.63) is 71.4 Å². The minimum Gasteiger partial charge on any atom is -0.280 e. The van der Waals surface area contributed by atoms with Crippen LogP contribution in [0.2, 0.25) is 5.02 Å². The summed E-state index contributed by atoms with van der Waals surface area (Å²) in [7, 11) is 0. The number of aryl methyl sites for hydroxylation is 1. The molecule has 0 amide bonds. The predicted octanol–water partition coefficient (Wildman–Crippen LogP) is 4.84. The molecule has 4 rings (SSSR count). The SMILES string of the molecule is CCc1nc2ccc(F)cc2n1-c1ccnc(-c2cccc(Cl)c2)n1. The maximum atomic E-state index is 13.7. The average molecular weight is 353 g/mol. The van der Waals surface area contributed by atoms with E-state index in [4.69, 9.17) is 11.6 Å². The molecule has 0 N–H and O–H groups in total. The smallest absolute Gasteiger partial charge is 0.161 e. The molecule has 2 aromatic carbocycles. The van der Waals surface area contributed by atoms with E-state index in [2.05, 4.69) is 15.0 Å². The van der Waals surface area contributed by atoms with Gasteiger partial charge in [-0.1, -0.05) is 30.7 Å². The number of aromatic nitrogens is 4. The highest BCUT2D eigenvalue weighted by Crippen LogP contribution is 2.24. The molecule has 2 heterocycles. The van der Waals surface area contributed by atoms with Crippen LogP contribution in [-0.4, -0.2) is 19.5 Å². The van der Waals surface area contributed by atoms with E-state index >= 15 is 0 Å². The molecule has 0 radical (unpaired) electrons. The van der Waals surface area contributed by atoms with E-state index in [1.54, 1.807) is 24.4 Å². The Morgan fingerprint density at radius 3 is 2.76 bits per heavy atom. The van der Waals surface area contributed by atoms with Crippen molar-refractivity contribution in [3.63, 3.8) is 0 Å². The largest absolute Gasteiger partial charge is 0.280 e. The van der Waals surface area contributed by atoms with E-state index in [1.807, 2.05) is 29.7 Å². The number of benzene rings is 2. The summed E-state index contributed by atoms with van der Waals surface area (Å²) in [6.07, 6.45) is 2.38. The first kappa shape index (κ1) is 15.7. The molecular weight excluding hydrogens is 339 g/mol. The summed E-state index contributed by atoms with van der Waals surface area (Å²) in [4.78, 5) is 13.6. The summed E-state index contributed by atoms with van der Waals surface area (Å²) >= 11 is 6.06. The zero-order chi connectivity index (χ0) is 17.4. The first-order valence-electron chi connectivity index (χ1n) is 7.92. The number of hydrogen-bond acceptors (Lipinski definition) is 3. The summed E-state index contributed by atoms with van der Waals surface area (Å²) in [6, 6.07) is 13.7. The van der Waals surface area contributed by atoms with Crippen molar-refractivity contribution in [3.8, 4) is 17.2 Å². The summed E-state index contributed by atoms with van der Waals surface area (Å²) in [6.45, 7) is 2.01. The van der Waals surface area contributed by atoms with Gasteiger partial charge in [-0.05, 0) is 30.3 Å². The van der Waals surface area contributed by atoms with Gasteiger partial charge < -0.3 is 0 Å². The number of fused-ring (bicyclic) bond motifs is 1. The molecule has 124 valence electrons. The third kappa shape index (κ3) is 2.87. The van der Waals surface area contributed by atoms with Gasteiger partial charge in [0, 0.05) is 29.3 Å². The highest BCUT2D eigenvalue weighted by molar-refractivity contribution is 6.30. The number of halogens is 2. The van der Waals surface area contributed by atoms with Crippen LogP contribution in [0, 0.1) is 5.82 Å². The second kappa shape index (κ2) is 6.26. The van der Waals surface area contributed by atoms with Crippen LogP contribution >= 0.6 is 11.6 Å². The van der Waals surface area contributed by atoms with Gasteiger partial charge >= 0.3 is 0 Å². The maximum Gasteiger partial charge on any atom is 0.161 e. The van der Waals surface area contributed by atoms with Crippen LogP contribution in [0.3, 0.4) is 0 Å². The van der Waals surface area contributed by atoms with Gasteiger partial charge in [-0.3, -0.25) is 4.57 Å². The van der Waals surface area contributed by atoms with Crippen molar-refractivity contribution in [2.75, 3.05) is 0 Å². The lowest BCUT2D eigenvalue weighted by Gasteiger charge is -2.09. The van der Waals surface area contributed by atoms with Crippen LogP contribution in [0.25, 0.3) is 28.2 Å². The quantitative estimate of drug-likeness (QED) is 0.530. The molecule has 4 nitrogen and oxygen atoms in total. The topological polar surface area (TPSA) is 43.6 Å². The lowest BCUT2D eigenvalue weighted by molar-refractivity contribution is 0.629. The Kier molecular flexibility index (Phi) is 3.93. The van der Waals surface area contributed by atoms with E-state index in [1.165, 1.54) is 12.1 Å². The number of hydrogen-bond donors (Lipinski definition) is 0. The molecule has 0 spiro atoms. The number of imidazole rings is 1. The van der Waals surface area contributed by atoms with Crippen LogP contribution in [0.4, 0.5) is 4.39 Å². The second-order valence-electron chi connectivity index (χ2n) is 5.60. The Morgan fingerprint density at radius 2 is 1.96 bits per heavy atom. The van der Waals surface area contributed by atoms with Gasteiger partial charge in [0.1, 0.15) is 17.5 Å². The summed E-state index contributed by atoms with van der Waals surface area (Å²) in [5.41, 5.74) is 2.25. The van der Waals surface area contributed by atoms with E-state index in [0.717, 1.165) is 16.9 Å². The first-order valence-corrected chi connectivity index (χ1v) is 8.30. The van der Waals surface area contributed by atoms with E-state index in [-0.39, 0.29) is 5.82 Å². The molecule has 0 atom stereocenters. The molecule has 2 aromatic heterocycles. The fourth-order valence-corrected chi connectivity index (χ4v) is 3.02. The summed E-state index contributed by atoms with van der Waals surface area (Å²) in [5.74, 6) is 1.71.